The fourth-order valence-corrected chi connectivity index (χ4v) is 2.47. The van der Waals surface area contributed by atoms with Crippen LogP contribution in [0.1, 0.15) is 31.5 Å². The molecule has 2 rings (SSSR count). The maximum absolute atomic E-state index is 12.6. The van der Waals surface area contributed by atoms with E-state index in [2.05, 4.69) is 15.3 Å². The number of alkyl halides is 3. The van der Waals surface area contributed by atoms with Crippen molar-refractivity contribution in [1.82, 2.24) is 9.97 Å². The molecule has 0 aliphatic heterocycles. The molecule has 4 N–H and O–H groups in total. The highest BCUT2D eigenvalue weighted by atomic mass is 19.4. The average Bonchev–Trinajstić information content (AvgIpc) is 2.37. The largest absolute Gasteiger partial charge is 0.451 e. The first kappa shape index (κ1) is 14.8. The molecule has 1 heterocycles. The summed E-state index contributed by atoms with van der Waals surface area (Å²) < 4.78 is 37.9. The molecule has 1 fully saturated rings. The lowest BCUT2D eigenvalue weighted by Crippen LogP contribution is -2.34. The molecule has 0 radical (unpaired) electrons. The number of hydrogen-bond acceptors (Lipinski definition) is 5. The molecule has 0 amide bonds. The van der Waals surface area contributed by atoms with Gasteiger partial charge in [-0.05, 0) is 12.8 Å². The number of nitrogens with two attached hydrogens (primary N) is 1. The molecule has 0 aromatic carbocycles. The van der Waals surface area contributed by atoms with Crippen LogP contribution in [-0.2, 0) is 6.18 Å². The van der Waals surface area contributed by atoms with Gasteiger partial charge in [0.15, 0.2) is 0 Å². The number of rotatable bonds is 3. The molecule has 1 aliphatic rings. The van der Waals surface area contributed by atoms with Gasteiger partial charge in [0.1, 0.15) is 11.6 Å². The average molecular weight is 290 g/mol. The monoisotopic (exact) mass is 290 g/mol. The predicted octanol–water partition coefficient (Wildman–Crippen LogP) is 2.04. The minimum atomic E-state index is -4.63. The molecule has 112 valence electrons. The standard InChI is InChI=1S/C12H17F3N4O/c13-12(14,15)11-18-9(16)5-10(19-11)17-8-4-2-1-3-7(8)6-20/h5,7-8,20H,1-4,6H2,(H3,16,17,18,19). The van der Waals surface area contributed by atoms with E-state index in [4.69, 9.17) is 5.73 Å². The summed E-state index contributed by atoms with van der Waals surface area (Å²) in [5.41, 5.74) is 5.39. The summed E-state index contributed by atoms with van der Waals surface area (Å²) in [5.74, 6) is -1.41. The Kier molecular flexibility index (Phi) is 4.32. The molecular formula is C12H17F3N4O. The Morgan fingerprint density at radius 1 is 1.30 bits per heavy atom. The Bertz CT molecular complexity index is 467. The third-order valence-corrected chi connectivity index (χ3v) is 3.48. The van der Waals surface area contributed by atoms with Crippen molar-refractivity contribution >= 4 is 11.6 Å². The van der Waals surface area contributed by atoms with Crippen LogP contribution < -0.4 is 11.1 Å². The molecule has 0 saturated heterocycles. The first-order valence-electron chi connectivity index (χ1n) is 6.49. The topological polar surface area (TPSA) is 84.1 Å². The Morgan fingerprint density at radius 2 is 2.00 bits per heavy atom. The van der Waals surface area contributed by atoms with Crippen LogP contribution in [0, 0.1) is 5.92 Å². The van der Waals surface area contributed by atoms with E-state index < -0.39 is 12.0 Å². The number of hydrogen-bond donors (Lipinski definition) is 3. The van der Waals surface area contributed by atoms with Crippen molar-refractivity contribution in [2.45, 2.75) is 37.9 Å². The summed E-state index contributed by atoms with van der Waals surface area (Å²) >= 11 is 0. The highest BCUT2D eigenvalue weighted by Crippen LogP contribution is 2.30. The van der Waals surface area contributed by atoms with Gasteiger partial charge in [0.25, 0.3) is 0 Å². The molecule has 5 nitrogen and oxygen atoms in total. The van der Waals surface area contributed by atoms with Crippen LogP contribution in [0.3, 0.4) is 0 Å². The number of aromatic nitrogens is 2. The van der Waals surface area contributed by atoms with Crippen LogP contribution >= 0.6 is 0 Å². The number of nitrogens with one attached hydrogen (secondary N) is 1. The van der Waals surface area contributed by atoms with Gasteiger partial charge in [0, 0.05) is 24.6 Å². The Balaban J connectivity index is 2.18. The summed E-state index contributed by atoms with van der Waals surface area (Å²) in [7, 11) is 0. The molecule has 1 aromatic heterocycles. The van der Waals surface area contributed by atoms with Crippen LogP contribution in [0.2, 0.25) is 0 Å². The summed E-state index contributed by atoms with van der Waals surface area (Å²) in [6.45, 7) is 0.00433. The second kappa shape index (κ2) is 5.82. The molecule has 8 heteroatoms. The molecule has 20 heavy (non-hydrogen) atoms. The van der Waals surface area contributed by atoms with Crippen LogP contribution in [0.4, 0.5) is 24.8 Å². The van der Waals surface area contributed by atoms with Gasteiger partial charge in [-0.25, -0.2) is 9.97 Å². The summed E-state index contributed by atoms with van der Waals surface area (Å²) in [4.78, 5) is 6.65. The van der Waals surface area contributed by atoms with E-state index >= 15 is 0 Å². The smallest absolute Gasteiger partial charge is 0.396 e. The second-order valence-electron chi connectivity index (χ2n) is 4.98. The van der Waals surface area contributed by atoms with Gasteiger partial charge in [-0.2, -0.15) is 13.2 Å². The van der Waals surface area contributed by atoms with E-state index in [1.165, 1.54) is 6.07 Å². The SMILES string of the molecule is Nc1cc(NC2CCCCC2CO)nc(C(F)(F)F)n1. The lowest BCUT2D eigenvalue weighted by molar-refractivity contribution is -0.144. The Morgan fingerprint density at radius 3 is 2.65 bits per heavy atom. The van der Waals surface area contributed by atoms with E-state index in [9.17, 15) is 18.3 Å². The normalized spacial score (nSPS) is 23.6. The zero-order valence-electron chi connectivity index (χ0n) is 10.8. The van der Waals surface area contributed by atoms with Crippen molar-refractivity contribution in [1.29, 1.82) is 0 Å². The number of aliphatic hydroxyl groups is 1. The third-order valence-electron chi connectivity index (χ3n) is 3.48. The van der Waals surface area contributed by atoms with Crippen molar-refractivity contribution in [3.8, 4) is 0 Å². The maximum atomic E-state index is 12.6. The number of anilines is 2. The van der Waals surface area contributed by atoms with Gasteiger partial charge < -0.3 is 16.2 Å². The number of halogens is 3. The zero-order valence-corrected chi connectivity index (χ0v) is 10.8. The Labute approximate surface area is 114 Å². The van der Waals surface area contributed by atoms with E-state index in [1.54, 1.807) is 0 Å². The third kappa shape index (κ3) is 3.50. The first-order valence-corrected chi connectivity index (χ1v) is 6.49. The lowest BCUT2D eigenvalue weighted by Gasteiger charge is -2.31. The van der Waals surface area contributed by atoms with Crippen LogP contribution in [0.5, 0.6) is 0 Å². The van der Waals surface area contributed by atoms with E-state index in [1.807, 2.05) is 0 Å². The minimum Gasteiger partial charge on any atom is -0.396 e. The van der Waals surface area contributed by atoms with Gasteiger partial charge in [0.05, 0.1) is 0 Å². The van der Waals surface area contributed by atoms with Gasteiger partial charge in [-0.1, -0.05) is 12.8 Å². The van der Waals surface area contributed by atoms with Gasteiger partial charge in [0.2, 0.25) is 5.82 Å². The molecule has 0 spiro atoms. The van der Waals surface area contributed by atoms with Crippen molar-refractivity contribution in [3.63, 3.8) is 0 Å². The van der Waals surface area contributed by atoms with Crippen molar-refractivity contribution in [2.75, 3.05) is 17.7 Å². The summed E-state index contributed by atoms with van der Waals surface area (Å²) in [6, 6.07) is 1.18. The second-order valence-corrected chi connectivity index (χ2v) is 4.98. The Hall–Kier alpha value is -1.57. The van der Waals surface area contributed by atoms with Crippen molar-refractivity contribution in [3.05, 3.63) is 11.9 Å². The molecule has 1 saturated carbocycles. The summed E-state index contributed by atoms with van der Waals surface area (Å²) in [6.07, 6.45) is -1.00. The van der Waals surface area contributed by atoms with Crippen LogP contribution in [-0.4, -0.2) is 27.7 Å². The lowest BCUT2D eigenvalue weighted by atomic mass is 9.85. The van der Waals surface area contributed by atoms with Gasteiger partial charge in [-0.3, -0.25) is 0 Å². The number of nitrogens with zero attached hydrogens (tertiary/aromatic N) is 2. The van der Waals surface area contributed by atoms with Gasteiger partial charge >= 0.3 is 6.18 Å². The molecule has 1 aliphatic carbocycles. The predicted molar refractivity (Wildman–Crippen MR) is 67.9 cm³/mol. The molecular weight excluding hydrogens is 273 g/mol. The molecule has 2 unspecified atom stereocenters. The van der Waals surface area contributed by atoms with E-state index in [-0.39, 0.29) is 30.2 Å². The molecule has 0 bridgehead atoms. The highest BCUT2D eigenvalue weighted by molar-refractivity contribution is 5.45. The first-order chi connectivity index (χ1) is 9.40. The fourth-order valence-electron chi connectivity index (χ4n) is 2.47. The van der Waals surface area contributed by atoms with Crippen LogP contribution in [0.25, 0.3) is 0 Å². The van der Waals surface area contributed by atoms with Crippen LogP contribution in [0.15, 0.2) is 6.07 Å². The van der Waals surface area contributed by atoms with E-state index in [0.29, 0.717) is 0 Å². The molecule has 2 atom stereocenters. The zero-order chi connectivity index (χ0) is 14.8. The minimum absolute atomic E-state index is 0.00433. The maximum Gasteiger partial charge on any atom is 0.451 e. The fraction of sp³-hybridized carbons (Fsp3) is 0.667. The van der Waals surface area contributed by atoms with Crippen molar-refractivity contribution in [2.24, 2.45) is 5.92 Å². The van der Waals surface area contributed by atoms with Crippen molar-refractivity contribution < 1.29 is 18.3 Å². The highest BCUT2D eigenvalue weighted by Gasteiger charge is 2.35. The summed E-state index contributed by atoms with van der Waals surface area (Å²) in [5, 5.41) is 12.2. The van der Waals surface area contributed by atoms with E-state index in [0.717, 1.165) is 25.7 Å². The molecule has 1 aromatic rings. The van der Waals surface area contributed by atoms with Gasteiger partial charge in [-0.15, -0.1) is 0 Å². The number of nitrogen functional groups attached to an aromatic ring is 1. The number of aliphatic hydroxyl groups excluding tert-OH is 1. The quantitative estimate of drug-likeness (QED) is 0.793.